The van der Waals surface area contributed by atoms with Gasteiger partial charge in [-0.25, -0.2) is 4.98 Å². The average Bonchev–Trinajstić information content (AvgIpc) is 4.01. The molecular weight excluding hydrogens is 695 g/mol. The van der Waals surface area contributed by atoms with Crippen LogP contribution in [0.15, 0.2) is 190 Å². The van der Waals surface area contributed by atoms with E-state index < -0.39 is 0 Å². The molecule has 55 heavy (non-hydrogen) atoms. The summed E-state index contributed by atoms with van der Waals surface area (Å²) in [5, 5.41) is 4.73. The van der Waals surface area contributed by atoms with Crippen LogP contribution in [-0.4, -0.2) is 14.8 Å². The van der Waals surface area contributed by atoms with Crippen LogP contribution >= 0.6 is 11.8 Å². The van der Waals surface area contributed by atoms with Gasteiger partial charge in [0.05, 0.1) is 27.8 Å². The third-order valence-electron chi connectivity index (χ3n) is 11.1. The highest BCUT2D eigenvalue weighted by molar-refractivity contribution is 8.00. The first kappa shape index (κ1) is 30.7. The van der Waals surface area contributed by atoms with Gasteiger partial charge in [-0.3, -0.25) is 0 Å². The Kier molecular flexibility index (Phi) is 6.62. The van der Waals surface area contributed by atoms with Gasteiger partial charge in [0.1, 0.15) is 16.7 Å². The van der Waals surface area contributed by atoms with Crippen molar-refractivity contribution >= 4 is 83.7 Å². The second kappa shape index (κ2) is 11.9. The molecule has 0 bridgehead atoms. The van der Waals surface area contributed by atoms with Crippen LogP contribution in [-0.2, 0) is 0 Å². The number of allylic oxidation sites excluding steroid dienone is 3. The van der Waals surface area contributed by atoms with Crippen LogP contribution in [0.1, 0.15) is 11.5 Å². The number of aromatic nitrogens is 2. The molecule has 0 N–H and O–H groups in total. The second-order valence-corrected chi connectivity index (χ2v) is 15.4. The molecule has 2 aliphatic rings. The molecule has 6 heteroatoms. The summed E-state index contributed by atoms with van der Waals surface area (Å²) in [4.78, 5) is 9.05. The van der Waals surface area contributed by atoms with Gasteiger partial charge < -0.3 is 18.3 Å². The van der Waals surface area contributed by atoms with E-state index in [4.69, 9.17) is 13.8 Å². The summed E-state index contributed by atoms with van der Waals surface area (Å²) in [6, 6.07) is 53.5. The largest absolute Gasteiger partial charge is 0.456 e. The maximum atomic E-state index is 6.66. The predicted molar refractivity (Wildman–Crippen MR) is 226 cm³/mol. The summed E-state index contributed by atoms with van der Waals surface area (Å²) >= 11 is 1.94. The molecule has 0 amide bonds. The van der Waals surface area contributed by atoms with E-state index in [1.54, 1.807) is 0 Å². The van der Waals surface area contributed by atoms with Crippen molar-refractivity contribution in [3.05, 3.63) is 182 Å². The van der Waals surface area contributed by atoms with Crippen LogP contribution in [0.2, 0.25) is 0 Å². The molecule has 2 unspecified atom stereocenters. The Morgan fingerprint density at radius 3 is 2.25 bits per heavy atom. The number of hydrogen-bond donors (Lipinski definition) is 0. The van der Waals surface area contributed by atoms with Crippen molar-refractivity contribution in [2.45, 2.75) is 16.1 Å². The zero-order valence-electron chi connectivity index (χ0n) is 29.5. The maximum Gasteiger partial charge on any atom is 0.227 e. The molecule has 7 aromatic carbocycles. The van der Waals surface area contributed by atoms with Gasteiger partial charge in [0, 0.05) is 55.2 Å². The van der Waals surface area contributed by atoms with Gasteiger partial charge in [-0.2, -0.15) is 0 Å². The van der Waals surface area contributed by atoms with Gasteiger partial charge in [-0.05, 0) is 66.2 Å². The summed E-state index contributed by atoms with van der Waals surface area (Å²) in [6.07, 6.45) is 9.01. The van der Waals surface area contributed by atoms with Crippen molar-refractivity contribution < 1.29 is 8.83 Å². The van der Waals surface area contributed by atoms with Crippen molar-refractivity contribution in [3.63, 3.8) is 0 Å². The van der Waals surface area contributed by atoms with Crippen LogP contribution < -0.4 is 4.90 Å². The Balaban J connectivity index is 1.23. The summed E-state index contributed by atoms with van der Waals surface area (Å²) in [7, 11) is 0. The Morgan fingerprint density at radius 1 is 0.600 bits per heavy atom. The number of hydrogen-bond acceptors (Lipinski definition) is 5. The number of anilines is 3. The van der Waals surface area contributed by atoms with Crippen molar-refractivity contribution in [1.82, 2.24) is 9.55 Å². The number of nitrogens with zero attached hydrogens (tertiary/aromatic N) is 3. The number of furan rings is 1. The molecule has 0 saturated heterocycles. The minimum absolute atomic E-state index is 0.358. The lowest BCUT2D eigenvalue weighted by atomic mass is 9.92. The molecule has 0 saturated carbocycles. The molecule has 1 aliphatic heterocycles. The van der Waals surface area contributed by atoms with E-state index in [2.05, 4.69) is 137 Å². The van der Waals surface area contributed by atoms with Gasteiger partial charge in [0.2, 0.25) is 5.89 Å². The van der Waals surface area contributed by atoms with Gasteiger partial charge in [0.15, 0.2) is 5.58 Å². The minimum Gasteiger partial charge on any atom is -0.456 e. The number of thioether (sulfide) groups is 1. The van der Waals surface area contributed by atoms with Crippen LogP contribution in [0.25, 0.3) is 72.0 Å². The van der Waals surface area contributed by atoms with E-state index in [0.29, 0.717) is 22.6 Å². The van der Waals surface area contributed by atoms with Crippen LogP contribution in [0.5, 0.6) is 0 Å². The van der Waals surface area contributed by atoms with E-state index in [9.17, 15) is 0 Å². The standard InChI is InChI=1S/C49H31N3O2S/c1-3-14-30(15-4-1)49-50-47-42(54-49)29-41-46(36-20-8-11-24-40(36)53-41)48(47)52(32-26-27-34-33-18-9-12-25-43(33)55-44(34)28-32)39-23-13-22-38-45(39)35-19-7-10-21-37(35)51(38)31-16-5-2-6-17-31/h1-29,33,43H. The normalized spacial score (nSPS) is 16.1. The minimum atomic E-state index is 0.358. The second-order valence-electron chi connectivity index (χ2n) is 14.2. The molecule has 5 nitrogen and oxygen atoms in total. The van der Waals surface area contributed by atoms with Gasteiger partial charge in [-0.15, -0.1) is 11.8 Å². The van der Waals surface area contributed by atoms with Gasteiger partial charge in [-0.1, -0.05) is 109 Å². The maximum absolute atomic E-state index is 6.66. The summed E-state index contributed by atoms with van der Waals surface area (Å²) in [5.74, 6) is 0.927. The van der Waals surface area contributed by atoms with Crippen molar-refractivity contribution in [1.29, 1.82) is 0 Å². The highest BCUT2D eigenvalue weighted by atomic mass is 32.2. The van der Waals surface area contributed by atoms with Crippen LogP contribution in [0, 0.1) is 0 Å². The highest BCUT2D eigenvalue weighted by Gasteiger charge is 2.33. The first-order valence-electron chi connectivity index (χ1n) is 18.6. The third kappa shape index (κ3) is 4.58. The zero-order valence-corrected chi connectivity index (χ0v) is 30.3. The van der Waals surface area contributed by atoms with Gasteiger partial charge in [0.25, 0.3) is 0 Å². The molecule has 260 valence electrons. The number of para-hydroxylation sites is 3. The molecule has 2 atom stereocenters. The molecular formula is C49H31N3O2S. The molecule has 0 fully saturated rings. The lowest BCUT2D eigenvalue weighted by molar-refractivity contribution is 0.617. The third-order valence-corrected chi connectivity index (χ3v) is 12.5. The van der Waals surface area contributed by atoms with E-state index in [1.165, 1.54) is 15.8 Å². The first-order valence-corrected chi connectivity index (χ1v) is 19.5. The van der Waals surface area contributed by atoms with Crippen LogP contribution in [0.3, 0.4) is 0 Å². The zero-order chi connectivity index (χ0) is 36.0. The number of fused-ring (bicyclic) bond motifs is 10. The molecule has 10 aromatic rings. The van der Waals surface area contributed by atoms with E-state index >= 15 is 0 Å². The smallest absolute Gasteiger partial charge is 0.227 e. The van der Waals surface area contributed by atoms with E-state index in [-0.39, 0.29) is 0 Å². The highest BCUT2D eigenvalue weighted by Crippen LogP contribution is 2.54. The molecule has 12 rings (SSSR count). The van der Waals surface area contributed by atoms with Crippen molar-refractivity contribution in [2.24, 2.45) is 0 Å². The number of benzene rings is 7. The molecule has 1 aliphatic carbocycles. The molecule has 4 heterocycles. The fourth-order valence-corrected chi connectivity index (χ4v) is 10.1. The monoisotopic (exact) mass is 725 g/mol. The van der Waals surface area contributed by atoms with Crippen molar-refractivity contribution in [3.8, 4) is 17.1 Å². The van der Waals surface area contributed by atoms with Crippen molar-refractivity contribution in [2.75, 3.05) is 4.90 Å². The summed E-state index contributed by atoms with van der Waals surface area (Å²) in [6.45, 7) is 0. The fraction of sp³-hybridized carbons (Fsp3) is 0.0408. The quantitative estimate of drug-likeness (QED) is 0.177. The Hall–Kier alpha value is -6.76. The Labute approximate surface area is 320 Å². The predicted octanol–water partition coefficient (Wildman–Crippen LogP) is 13.6. The fourth-order valence-electron chi connectivity index (χ4n) is 8.77. The topological polar surface area (TPSA) is 47.3 Å². The Bertz CT molecular complexity index is 3210. The summed E-state index contributed by atoms with van der Waals surface area (Å²) in [5.41, 5.74) is 11.7. The average molecular weight is 726 g/mol. The van der Waals surface area contributed by atoms with E-state index in [0.717, 1.165) is 72.2 Å². The van der Waals surface area contributed by atoms with E-state index in [1.807, 2.05) is 60.3 Å². The first-order chi connectivity index (χ1) is 27.3. The SMILES string of the molecule is C1=CC2Sc3cc(N(c4c5nc(-c6ccccc6)oc5cc5oc6ccccc6c45)c4cccc5c4c4ccccc4n5-c4ccccc4)ccc3C2C=C1. The van der Waals surface area contributed by atoms with Gasteiger partial charge >= 0.3 is 0 Å². The Morgan fingerprint density at radius 2 is 1.36 bits per heavy atom. The molecule has 0 radical (unpaired) electrons. The van der Waals surface area contributed by atoms with Crippen LogP contribution in [0.4, 0.5) is 17.1 Å². The number of oxazole rings is 1. The lowest BCUT2D eigenvalue weighted by Crippen LogP contribution is -2.12. The lowest BCUT2D eigenvalue weighted by Gasteiger charge is -2.28. The number of rotatable bonds is 5. The summed E-state index contributed by atoms with van der Waals surface area (Å²) < 4.78 is 15.7. The molecule has 0 spiro atoms. The molecule has 3 aromatic heterocycles.